The Balaban J connectivity index is 1.69. The highest BCUT2D eigenvalue weighted by Gasteiger charge is 2.34. The molecule has 10 heteroatoms. The standard InChI is InChI=1S/C31H35F2N3O4S/c1-22-16-18-26(19-17-22)41(39,40)36(29-15-9-8-14-28(29)33)21-30(37)35(20-24-10-6-7-13-27(24)32)23(2)31(38)34-25-11-4-3-5-12-25/h6-10,13-19,23,25H,3-5,11-12,20-21H2,1-2H3,(H,34,38)/t23-/m1/s1. The van der Waals surface area contributed by atoms with Crippen molar-refractivity contribution in [3.63, 3.8) is 0 Å². The first-order valence-electron chi connectivity index (χ1n) is 13.7. The Morgan fingerprint density at radius 2 is 1.51 bits per heavy atom. The minimum absolute atomic E-state index is 0.0269. The monoisotopic (exact) mass is 583 g/mol. The second kappa shape index (κ2) is 13.2. The summed E-state index contributed by atoms with van der Waals surface area (Å²) in [5, 5.41) is 2.99. The smallest absolute Gasteiger partial charge is 0.264 e. The number of nitrogens with zero attached hydrogens (tertiary/aromatic N) is 2. The van der Waals surface area contributed by atoms with Gasteiger partial charge in [0.05, 0.1) is 10.6 Å². The summed E-state index contributed by atoms with van der Waals surface area (Å²) >= 11 is 0. The summed E-state index contributed by atoms with van der Waals surface area (Å²) < 4.78 is 58.0. The van der Waals surface area contributed by atoms with Gasteiger partial charge in [-0.25, -0.2) is 17.2 Å². The number of nitrogens with one attached hydrogen (secondary N) is 1. The fourth-order valence-electron chi connectivity index (χ4n) is 4.97. The van der Waals surface area contributed by atoms with Crippen LogP contribution in [0.5, 0.6) is 0 Å². The van der Waals surface area contributed by atoms with Gasteiger partial charge in [-0.3, -0.25) is 13.9 Å². The molecule has 0 saturated heterocycles. The quantitative estimate of drug-likeness (QED) is 0.349. The third kappa shape index (κ3) is 7.30. The molecule has 3 aromatic carbocycles. The molecule has 7 nitrogen and oxygen atoms in total. The highest BCUT2D eigenvalue weighted by atomic mass is 32.2. The first-order chi connectivity index (χ1) is 19.6. The molecule has 0 aliphatic heterocycles. The van der Waals surface area contributed by atoms with Crippen molar-refractivity contribution in [2.24, 2.45) is 0 Å². The molecular formula is C31H35F2N3O4S. The van der Waals surface area contributed by atoms with Gasteiger partial charge < -0.3 is 10.2 Å². The van der Waals surface area contributed by atoms with Gasteiger partial charge in [-0.15, -0.1) is 0 Å². The molecule has 2 amide bonds. The topological polar surface area (TPSA) is 86.8 Å². The normalized spacial score (nSPS) is 14.7. The number of benzene rings is 3. The number of rotatable bonds is 10. The van der Waals surface area contributed by atoms with Crippen LogP contribution in [0.2, 0.25) is 0 Å². The van der Waals surface area contributed by atoms with E-state index in [1.54, 1.807) is 25.1 Å². The Morgan fingerprint density at radius 1 is 0.902 bits per heavy atom. The molecule has 1 aliphatic rings. The van der Waals surface area contributed by atoms with Crippen LogP contribution in [-0.2, 0) is 26.2 Å². The molecule has 41 heavy (non-hydrogen) atoms. The van der Waals surface area contributed by atoms with Crippen molar-refractivity contribution in [1.82, 2.24) is 10.2 Å². The lowest BCUT2D eigenvalue weighted by Crippen LogP contribution is -2.53. The van der Waals surface area contributed by atoms with E-state index in [1.807, 2.05) is 0 Å². The Hall–Kier alpha value is -3.79. The van der Waals surface area contributed by atoms with E-state index in [2.05, 4.69) is 5.32 Å². The average Bonchev–Trinajstić information content (AvgIpc) is 2.96. The summed E-state index contributed by atoms with van der Waals surface area (Å²) in [6.07, 6.45) is 4.74. The average molecular weight is 584 g/mol. The number of halogens is 2. The van der Waals surface area contributed by atoms with Crippen LogP contribution in [0, 0.1) is 18.6 Å². The predicted octanol–water partition coefficient (Wildman–Crippen LogP) is 5.33. The number of aryl methyl sites for hydroxylation is 1. The lowest BCUT2D eigenvalue weighted by molar-refractivity contribution is -0.139. The van der Waals surface area contributed by atoms with Crippen LogP contribution in [0.3, 0.4) is 0 Å². The van der Waals surface area contributed by atoms with E-state index in [0.717, 1.165) is 48.6 Å². The van der Waals surface area contributed by atoms with Gasteiger partial charge >= 0.3 is 0 Å². The zero-order chi connectivity index (χ0) is 29.6. The summed E-state index contributed by atoms with van der Waals surface area (Å²) in [5.41, 5.74) is 0.676. The molecule has 0 radical (unpaired) electrons. The van der Waals surface area contributed by atoms with Crippen molar-refractivity contribution >= 4 is 27.5 Å². The fraction of sp³-hybridized carbons (Fsp3) is 0.355. The first kappa shape index (κ1) is 30.2. The second-order valence-corrected chi connectivity index (χ2v) is 12.3. The van der Waals surface area contributed by atoms with Crippen LogP contribution in [0.4, 0.5) is 14.5 Å². The van der Waals surface area contributed by atoms with E-state index in [1.165, 1.54) is 55.5 Å². The maximum absolute atomic E-state index is 15.0. The van der Waals surface area contributed by atoms with E-state index in [9.17, 15) is 22.4 Å². The van der Waals surface area contributed by atoms with Crippen LogP contribution in [0.25, 0.3) is 0 Å². The lowest BCUT2D eigenvalue weighted by atomic mass is 9.95. The number of carbonyl (C=O) groups excluding carboxylic acids is 2. The van der Waals surface area contributed by atoms with Crippen molar-refractivity contribution in [3.05, 3.63) is 95.6 Å². The minimum Gasteiger partial charge on any atom is -0.352 e. The Morgan fingerprint density at radius 3 is 2.15 bits per heavy atom. The molecule has 1 fully saturated rings. The van der Waals surface area contributed by atoms with Gasteiger partial charge in [-0.05, 0) is 57.0 Å². The van der Waals surface area contributed by atoms with Crippen molar-refractivity contribution in [2.45, 2.75) is 69.5 Å². The lowest BCUT2D eigenvalue weighted by Gasteiger charge is -2.33. The maximum Gasteiger partial charge on any atom is 0.264 e. The summed E-state index contributed by atoms with van der Waals surface area (Å²) in [5.74, 6) is -2.60. The van der Waals surface area contributed by atoms with E-state index in [-0.39, 0.29) is 28.7 Å². The van der Waals surface area contributed by atoms with E-state index >= 15 is 4.39 Å². The van der Waals surface area contributed by atoms with Crippen LogP contribution in [0.15, 0.2) is 77.7 Å². The van der Waals surface area contributed by atoms with Crippen LogP contribution >= 0.6 is 0 Å². The minimum atomic E-state index is -4.40. The van der Waals surface area contributed by atoms with Crippen molar-refractivity contribution in [2.75, 3.05) is 10.8 Å². The Kier molecular flexibility index (Phi) is 9.75. The molecule has 218 valence electrons. The third-order valence-electron chi connectivity index (χ3n) is 7.43. The number of anilines is 1. The summed E-state index contributed by atoms with van der Waals surface area (Å²) in [4.78, 5) is 28.2. The number of hydrogen-bond acceptors (Lipinski definition) is 4. The molecule has 0 spiro atoms. The molecule has 0 aromatic heterocycles. The zero-order valence-electron chi connectivity index (χ0n) is 23.2. The van der Waals surface area contributed by atoms with Crippen LogP contribution < -0.4 is 9.62 Å². The van der Waals surface area contributed by atoms with E-state index < -0.39 is 46.1 Å². The molecular weight excluding hydrogens is 548 g/mol. The Bertz CT molecular complexity index is 1470. The van der Waals surface area contributed by atoms with Gasteiger partial charge in [0, 0.05) is 18.2 Å². The molecule has 1 N–H and O–H groups in total. The molecule has 1 atom stereocenters. The van der Waals surface area contributed by atoms with Gasteiger partial charge in [0.2, 0.25) is 11.8 Å². The van der Waals surface area contributed by atoms with Gasteiger partial charge in [-0.1, -0.05) is 67.3 Å². The van der Waals surface area contributed by atoms with Gasteiger partial charge in [0.25, 0.3) is 10.0 Å². The van der Waals surface area contributed by atoms with E-state index in [4.69, 9.17) is 0 Å². The molecule has 1 saturated carbocycles. The molecule has 0 heterocycles. The predicted molar refractivity (Wildman–Crippen MR) is 154 cm³/mol. The van der Waals surface area contributed by atoms with Gasteiger partial charge in [0.15, 0.2) is 0 Å². The van der Waals surface area contributed by atoms with Crippen LogP contribution in [0.1, 0.15) is 50.2 Å². The number of carbonyl (C=O) groups is 2. The number of sulfonamides is 1. The molecule has 4 rings (SSSR count). The highest BCUT2D eigenvalue weighted by Crippen LogP contribution is 2.27. The summed E-state index contributed by atoms with van der Waals surface area (Å²) in [7, 11) is -4.40. The number of hydrogen-bond donors (Lipinski definition) is 1. The van der Waals surface area contributed by atoms with E-state index in [0.29, 0.717) is 4.31 Å². The van der Waals surface area contributed by atoms with Crippen molar-refractivity contribution < 1.29 is 26.8 Å². The second-order valence-electron chi connectivity index (χ2n) is 10.4. The molecule has 1 aliphatic carbocycles. The zero-order valence-corrected chi connectivity index (χ0v) is 24.0. The van der Waals surface area contributed by atoms with Crippen LogP contribution in [-0.4, -0.2) is 43.8 Å². The SMILES string of the molecule is Cc1ccc(S(=O)(=O)N(CC(=O)N(Cc2ccccc2F)[C@H](C)C(=O)NC2CCCCC2)c2ccccc2F)cc1. The third-order valence-corrected chi connectivity index (χ3v) is 9.20. The summed E-state index contributed by atoms with van der Waals surface area (Å²) in [6.45, 7) is 2.25. The van der Waals surface area contributed by atoms with Crippen molar-refractivity contribution in [3.8, 4) is 0 Å². The number of amides is 2. The van der Waals surface area contributed by atoms with Gasteiger partial charge in [-0.2, -0.15) is 0 Å². The largest absolute Gasteiger partial charge is 0.352 e. The number of para-hydroxylation sites is 1. The highest BCUT2D eigenvalue weighted by molar-refractivity contribution is 7.92. The maximum atomic E-state index is 15.0. The summed E-state index contributed by atoms with van der Waals surface area (Å²) in [6, 6.07) is 16.1. The molecule has 0 unspecified atom stereocenters. The first-order valence-corrected chi connectivity index (χ1v) is 15.2. The Labute approximate surface area is 240 Å². The molecule has 0 bridgehead atoms. The van der Waals surface area contributed by atoms with Crippen molar-refractivity contribution in [1.29, 1.82) is 0 Å². The van der Waals surface area contributed by atoms with Gasteiger partial charge in [0.1, 0.15) is 24.2 Å². The molecule has 3 aromatic rings. The fourth-order valence-corrected chi connectivity index (χ4v) is 6.39.